The molecule has 1 aliphatic heterocycles. The minimum absolute atomic E-state index is 0.132. The quantitative estimate of drug-likeness (QED) is 0.852. The number of sulfonamides is 1. The number of hydrogen-bond donors (Lipinski definition) is 0. The molecule has 0 N–H and O–H groups in total. The molecule has 0 bridgehead atoms. The molecule has 3 rings (SSSR count). The average Bonchev–Trinajstić information content (AvgIpc) is 2.47. The van der Waals surface area contributed by atoms with E-state index in [0.29, 0.717) is 24.7 Å². The first-order chi connectivity index (χ1) is 9.60. The fraction of sp³-hybridized carbons (Fsp3) is 0.333. The summed E-state index contributed by atoms with van der Waals surface area (Å²) in [6.45, 7) is 3.19. The van der Waals surface area contributed by atoms with Crippen molar-refractivity contribution in [3.8, 4) is 0 Å². The van der Waals surface area contributed by atoms with E-state index in [4.69, 9.17) is 4.74 Å². The predicted octanol–water partition coefficient (Wildman–Crippen LogP) is 2.25. The summed E-state index contributed by atoms with van der Waals surface area (Å²) in [7, 11) is -3.48. The summed E-state index contributed by atoms with van der Waals surface area (Å²) in [6.07, 6.45) is 0. The van der Waals surface area contributed by atoms with Crippen molar-refractivity contribution in [3.63, 3.8) is 0 Å². The lowest BCUT2D eigenvalue weighted by molar-refractivity contribution is 0.0393. The topological polar surface area (TPSA) is 46.6 Å². The largest absolute Gasteiger partial charge is 0.378 e. The van der Waals surface area contributed by atoms with Gasteiger partial charge in [-0.2, -0.15) is 4.31 Å². The number of nitrogens with zero attached hydrogens (tertiary/aromatic N) is 1. The maximum absolute atomic E-state index is 12.9. The van der Waals surface area contributed by atoms with Crippen molar-refractivity contribution in [2.45, 2.75) is 17.9 Å². The molecule has 4 nitrogen and oxygen atoms in total. The van der Waals surface area contributed by atoms with Gasteiger partial charge in [-0.1, -0.05) is 36.4 Å². The van der Waals surface area contributed by atoms with Gasteiger partial charge in [0.25, 0.3) is 0 Å². The minimum atomic E-state index is -3.48. The van der Waals surface area contributed by atoms with Gasteiger partial charge in [-0.25, -0.2) is 8.42 Å². The van der Waals surface area contributed by atoms with Gasteiger partial charge in [0.1, 0.15) is 0 Å². The molecule has 20 heavy (non-hydrogen) atoms. The second kappa shape index (κ2) is 5.16. The monoisotopic (exact) mass is 291 g/mol. The molecule has 1 atom stereocenters. The average molecular weight is 291 g/mol. The van der Waals surface area contributed by atoms with Crippen molar-refractivity contribution in [2.24, 2.45) is 0 Å². The highest BCUT2D eigenvalue weighted by Gasteiger charge is 2.32. The summed E-state index contributed by atoms with van der Waals surface area (Å²) in [5.41, 5.74) is 0. The van der Waals surface area contributed by atoms with Gasteiger partial charge in [0, 0.05) is 18.0 Å². The fourth-order valence-electron chi connectivity index (χ4n) is 2.62. The Bertz CT molecular complexity index is 721. The zero-order chi connectivity index (χ0) is 14.2. The Morgan fingerprint density at radius 2 is 1.90 bits per heavy atom. The molecule has 1 fully saturated rings. The van der Waals surface area contributed by atoms with Gasteiger partial charge in [0.2, 0.25) is 10.0 Å². The van der Waals surface area contributed by atoms with Crippen LogP contribution in [0.4, 0.5) is 0 Å². The van der Waals surface area contributed by atoms with Crippen molar-refractivity contribution in [3.05, 3.63) is 42.5 Å². The maximum atomic E-state index is 12.9. The molecule has 0 saturated carbocycles. The molecule has 2 aromatic carbocycles. The van der Waals surface area contributed by atoms with Crippen molar-refractivity contribution in [2.75, 3.05) is 19.8 Å². The zero-order valence-corrected chi connectivity index (χ0v) is 12.1. The fourth-order valence-corrected chi connectivity index (χ4v) is 4.43. The lowest BCUT2D eigenvalue weighted by atomic mass is 10.1. The minimum Gasteiger partial charge on any atom is -0.378 e. The Labute approximate surface area is 119 Å². The summed E-state index contributed by atoms with van der Waals surface area (Å²) >= 11 is 0. The van der Waals surface area contributed by atoms with E-state index in [2.05, 4.69) is 0 Å². The molecule has 1 saturated heterocycles. The molecule has 2 aromatic rings. The molecule has 0 radical (unpaired) electrons. The third-order valence-electron chi connectivity index (χ3n) is 3.64. The molecular weight excluding hydrogens is 274 g/mol. The first-order valence-corrected chi connectivity index (χ1v) is 8.12. The van der Waals surface area contributed by atoms with Gasteiger partial charge < -0.3 is 4.74 Å². The number of fused-ring (bicyclic) bond motifs is 1. The first-order valence-electron chi connectivity index (χ1n) is 6.68. The van der Waals surface area contributed by atoms with Crippen LogP contribution in [0, 0.1) is 0 Å². The van der Waals surface area contributed by atoms with Crippen LogP contribution in [0.15, 0.2) is 47.4 Å². The van der Waals surface area contributed by atoms with Gasteiger partial charge in [-0.3, -0.25) is 0 Å². The maximum Gasteiger partial charge on any atom is 0.244 e. The number of morpholine rings is 1. The van der Waals surface area contributed by atoms with Crippen LogP contribution in [-0.4, -0.2) is 38.5 Å². The Morgan fingerprint density at radius 3 is 2.70 bits per heavy atom. The van der Waals surface area contributed by atoms with Crippen LogP contribution in [0.2, 0.25) is 0 Å². The molecule has 106 valence electrons. The molecule has 5 heteroatoms. The Morgan fingerprint density at radius 1 is 1.15 bits per heavy atom. The van der Waals surface area contributed by atoms with Gasteiger partial charge in [-0.15, -0.1) is 0 Å². The Balaban J connectivity index is 2.14. The highest BCUT2D eigenvalue weighted by molar-refractivity contribution is 7.89. The molecule has 1 aliphatic rings. The third-order valence-corrected chi connectivity index (χ3v) is 5.71. The van der Waals surface area contributed by atoms with Crippen molar-refractivity contribution in [1.29, 1.82) is 0 Å². The molecular formula is C15H17NO3S. The summed E-state index contributed by atoms with van der Waals surface area (Å²) in [6, 6.07) is 12.8. The van der Waals surface area contributed by atoms with Gasteiger partial charge in [0.15, 0.2) is 0 Å². The van der Waals surface area contributed by atoms with Crippen LogP contribution in [-0.2, 0) is 14.8 Å². The van der Waals surface area contributed by atoms with Gasteiger partial charge in [0.05, 0.1) is 18.1 Å². The van der Waals surface area contributed by atoms with E-state index in [1.165, 1.54) is 4.31 Å². The standard InChI is InChI=1S/C15H17NO3S/c1-12-11-19-10-9-16(12)20(17,18)15-8-4-6-13-5-2-3-7-14(13)15/h2-8,12H,9-11H2,1H3/t12-/m1/s1. The highest BCUT2D eigenvalue weighted by Crippen LogP contribution is 2.27. The summed E-state index contributed by atoms with van der Waals surface area (Å²) in [4.78, 5) is 0.379. The van der Waals surface area contributed by atoms with Gasteiger partial charge in [-0.05, 0) is 18.4 Å². The van der Waals surface area contributed by atoms with Crippen molar-refractivity contribution < 1.29 is 13.2 Å². The van der Waals surface area contributed by atoms with E-state index in [1.54, 1.807) is 12.1 Å². The molecule has 0 aliphatic carbocycles. The van der Waals surface area contributed by atoms with Crippen molar-refractivity contribution in [1.82, 2.24) is 4.31 Å². The van der Waals surface area contributed by atoms with E-state index in [9.17, 15) is 8.42 Å². The van der Waals surface area contributed by atoms with Crippen LogP contribution >= 0.6 is 0 Å². The molecule has 0 aromatic heterocycles. The van der Waals surface area contributed by atoms with E-state index in [1.807, 2.05) is 37.3 Å². The summed E-state index contributed by atoms with van der Waals surface area (Å²) in [5.74, 6) is 0. The van der Waals surface area contributed by atoms with Crippen LogP contribution in [0.5, 0.6) is 0 Å². The van der Waals surface area contributed by atoms with Crippen LogP contribution in [0.1, 0.15) is 6.92 Å². The van der Waals surface area contributed by atoms with E-state index in [0.717, 1.165) is 10.8 Å². The number of rotatable bonds is 2. The van der Waals surface area contributed by atoms with E-state index < -0.39 is 10.0 Å². The number of hydrogen-bond acceptors (Lipinski definition) is 3. The predicted molar refractivity (Wildman–Crippen MR) is 78.1 cm³/mol. The molecule has 0 spiro atoms. The number of ether oxygens (including phenoxy) is 1. The normalized spacial score (nSPS) is 21.1. The van der Waals surface area contributed by atoms with Crippen molar-refractivity contribution >= 4 is 20.8 Å². The third kappa shape index (κ3) is 2.22. The lowest BCUT2D eigenvalue weighted by Crippen LogP contribution is -2.46. The number of benzene rings is 2. The Hall–Kier alpha value is -1.43. The zero-order valence-electron chi connectivity index (χ0n) is 11.3. The SMILES string of the molecule is C[C@@H]1COCCN1S(=O)(=O)c1cccc2ccccc12. The van der Waals surface area contributed by atoms with Gasteiger partial charge >= 0.3 is 0 Å². The van der Waals surface area contributed by atoms with E-state index in [-0.39, 0.29) is 6.04 Å². The first kappa shape index (κ1) is 13.5. The summed E-state index contributed by atoms with van der Waals surface area (Å²) < 4.78 is 32.6. The van der Waals surface area contributed by atoms with E-state index >= 15 is 0 Å². The van der Waals surface area contributed by atoms with Crippen LogP contribution < -0.4 is 0 Å². The lowest BCUT2D eigenvalue weighted by Gasteiger charge is -2.32. The highest BCUT2D eigenvalue weighted by atomic mass is 32.2. The van der Waals surface area contributed by atoms with Crippen LogP contribution in [0.3, 0.4) is 0 Å². The molecule has 1 heterocycles. The Kier molecular flexibility index (Phi) is 3.50. The van der Waals surface area contributed by atoms with Crippen LogP contribution in [0.25, 0.3) is 10.8 Å². The second-order valence-corrected chi connectivity index (χ2v) is 6.88. The smallest absolute Gasteiger partial charge is 0.244 e. The molecule has 0 amide bonds. The summed E-state index contributed by atoms with van der Waals surface area (Å²) in [5, 5.41) is 1.71. The second-order valence-electron chi connectivity index (χ2n) is 5.02. The molecule has 0 unspecified atom stereocenters.